The summed E-state index contributed by atoms with van der Waals surface area (Å²) in [6.45, 7) is 1.58. The number of hydrogen-bond acceptors (Lipinski definition) is 5. The second-order valence-electron chi connectivity index (χ2n) is 3.71. The zero-order chi connectivity index (χ0) is 10.3. The van der Waals surface area contributed by atoms with E-state index in [1.165, 1.54) is 0 Å². The highest BCUT2D eigenvalue weighted by Crippen LogP contribution is 2.29. The lowest BCUT2D eigenvalue weighted by Crippen LogP contribution is -2.20. The molecule has 1 unspecified atom stereocenters. The van der Waals surface area contributed by atoms with Crippen LogP contribution in [0.15, 0.2) is 18.3 Å². The average Bonchev–Trinajstić information content (AvgIpc) is 2.82. The van der Waals surface area contributed by atoms with Crippen LogP contribution in [0.2, 0.25) is 0 Å². The minimum atomic E-state index is -0.204. The van der Waals surface area contributed by atoms with Gasteiger partial charge < -0.3 is 10.0 Å². The van der Waals surface area contributed by atoms with E-state index in [1.54, 1.807) is 17.5 Å². The van der Waals surface area contributed by atoms with Crippen molar-refractivity contribution in [2.24, 2.45) is 0 Å². The van der Waals surface area contributed by atoms with Gasteiger partial charge in [0.2, 0.25) is 0 Å². The van der Waals surface area contributed by atoms with Crippen LogP contribution >= 0.6 is 11.3 Å². The number of hydrogen-bond donors (Lipinski definition) is 1. The van der Waals surface area contributed by atoms with E-state index < -0.39 is 0 Å². The highest BCUT2D eigenvalue weighted by molar-refractivity contribution is 7.21. The largest absolute Gasteiger partial charge is 0.391 e. The lowest BCUT2D eigenvalue weighted by atomic mass is 10.3. The van der Waals surface area contributed by atoms with E-state index in [2.05, 4.69) is 14.9 Å². The third kappa shape index (κ3) is 1.57. The van der Waals surface area contributed by atoms with Crippen molar-refractivity contribution in [3.63, 3.8) is 0 Å². The van der Waals surface area contributed by atoms with Crippen LogP contribution in [0, 0.1) is 0 Å². The Balaban J connectivity index is 1.98. The lowest BCUT2D eigenvalue weighted by Gasteiger charge is -2.12. The number of pyridine rings is 1. The molecule has 2 aromatic heterocycles. The second kappa shape index (κ2) is 3.43. The van der Waals surface area contributed by atoms with Gasteiger partial charge in [0.05, 0.1) is 6.10 Å². The summed E-state index contributed by atoms with van der Waals surface area (Å²) in [6, 6.07) is 3.86. The van der Waals surface area contributed by atoms with Gasteiger partial charge in [-0.25, -0.2) is 9.97 Å². The molecule has 1 saturated heterocycles. The van der Waals surface area contributed by atoms with Crippen molar-refractivity contribution in [3.8, 4) is 0 Å². The maximum Gasteiger partial charge on any atom is 0.188 e. The standard InChI is InChI=1S/C10H11N3OS/c14-7-3-5-13(6-7)10-12-8-2-1-4-11-9(8)15-10/h1-2,4,7,14H,3,5-6H2. The minimum absolute atomic E-state index is 0.204. The quantitative estimate of drug-likeness (QED) is 0.787. The van der Waals surface area contributed by atoms with Crippen molar-refractivity contribution in [1.29, 1.82) is 0 Å². The fourth-order valence-corrected chi connectivity index (χ4v) is 2.75. The molecule has 0 aliphatic carbocycles. The molecular weight excluding hydrogens is 210 g/mol. The summed E-state index contributed by atoms with van der Waals surface area (Å²) in [4.78, 5) is 11.8. The molecule has 1 N–H and O–H groups in total. The first-order valence-corrected chi connectivity index (χ1v) is 5.79. The Labute approximate surface area is 91.2 Å². The summed E-state index contributed by atoms with van der Waals surface area (Å²) >= 11 is 1.59. The number of nitrogens with zero attached hydrogens (tertiary/aromatic N) is 3. The molecular formula is C10H11N3OS. The molecule has 5 heteroatoms. The van der Waals surface area contributed by atoms with E-state index in [1.807, 2.05) is 12.1 Å². The fourth-order valence-electron chi connectivity index (χ4n) is 1.81. The predicted molar refractivity (Wildman–Crippen MR) is 60.3 cm³/mol. The highest BCUT2D eigenvalue weighted by Gasteiger charge is 2.22. The third-order valence-corrected chi connectivity index (χ3v) is 3.63. The molecule has 1 atom stereocenters. The number of aromatic nitrogens is 2. The second-order valence-corrected chi connectivity index (χ2v) is 4.67. The van der Waals surface area contributed by atoms with Gasteiger partial charge in [-0.15, -0.1) is 0 Å². The van der Waals surface area contributed by atoms with Crippen molar-refractivity contribution in [3.05, 3.63) is 18.3 Å². The summed E-state index contributed by atoms with van der Waals surface area (Å²) in [7, 11) is 0. The van der Waals surface area contributed by atoms with Gasteiger partial charge in [0.15, 0.2) is 5.13 Å². The van der Waals surface area contributed by atoms with Gasteiger partial charge >= 0.3 is 0 Å². The van der Waals surface area contributed by atoms with E-state index in [-0.39, 0.29) is 6.10 Å². The molecule has 3 rings (SSSR count). The van der Waals surface area contributed by atoms with Gasteiger partial charge in [0, 0.05) is 19.3 Å². The van der Waals surface area contributed by atoms with E-state index in [0.717, 1.165) is 28.4 Å². The molecule has 1 fully saturated rings. The molecule has 1 aliphatic rings. The van der Waals surface area contributed by atoms with Crippen LogP contribution in [0.25, 0.3) is 10.3 Å². The molecule has 1 aliphatic heterocycles. The van der Waals surface area contributed by atoms with Gasteiger partial charge in [-0.05, 0) is 18.6 Å². The van der Waals surface area contributed by atoms with Crippen molar-refractivity contribution < 1.29 is 5.11 Å². The SMILES string of the molecule is OC1CCN(c2nc3cccnc3s2)C1. The molecule has 4 nitrogen and oxygen atoms in total. The Morgan fingerprint density at radius 3 is 3.20 bits per heavy atom. The van der Waals surface area contributed by atoms with Gasteiger partial charge in [-0.3, -0.25) is 0 Å². The van der Waals surface area contributed by atoms with Crippen LogP contribution in [-0.2, 0) is 0 Å². The normalized spacial score (nSPS) is 21.4. The highest BCUT2D eigenvalue weighted by atomic mass is 32.1. The van der Waals surface area contributed by atoms with E-state index >= 15 is 0 Å². The summed E-state index contributed by atoms with van der Waals surface area (Å²) < 4.78 is 0. The Morgan fingerprint density at radius 1 is 1.53 bits per heavy atom. The number of aliphatic hydroxyl groups excluding tert-OH is 1. The topological polar surface area (TPSA) is 49.2 Å². The molecule has 0 amide bonds. The third-order valence-electron chi connectivity index (χ3n) is 2.59. The zero-order valence-electron chi connectivity index (χ0n) is 8.13. The Hall–Kier alpha value is -1.20. The molecule has 15 heavy (non-hydrogen) atoms. The number of aliphatic hydroxyl groups is 1. The Bertz CT molecular complexity index is 451. The Morgan fingerprint density at radius 2 is 2.47 bits per heavy atom. The number of fused-ring (bicyclic) bond motifs is 1. The summed E-state index contributed by atoms with van der Waals surface area (Å²) in [5.41, 5.74) is 0.943. The first kappa shape index (κ1) is 9.06. The van der Waals surface area contributed by atoms with Gasteiger partial charge in [0.25, 0.3) is 0 Å². The summed E-state index contributed by atoms with van der Waals surface area (Å²) in [5.74, 6) is 0. The van der Waals surface area contributed by atoms with E-state index in [0.29, 0.717) is 6.54 Å². The van der Waals surface area contributed by atoms with Crippen LogP contribution in [0.1, 0.15) is 6.42 Å². The van der Waals surface area contributed by atoms with Gasteiger partial charge in [-0.1, -0.05) is 11.3 Å². The zero-order valence-corrected chi connectivity index (χ0v) is 8.94. The fraction of sp³-hybridized carbons (Fsp3) is 0.400. The van der Waals surface area contributed by atoms with E-state index in [4.69, 9.17) is 0 Å². The molecule has 2 aromatic rings. The van der Waals surface area contributed by atoms with E-state index in [9.17, 15) is 5.11 Å². The van der Waals surface area contributed by atoms with Crippen molar-refractivity contribution in [1.82, 2.24) is 9.97 Å². The monoisotopic (exact) mass is 221 g/mol. The van der Waals surface area contributed by atoms with Crippen molar-refractivity contribution >= 4 is 26.8 Å². The number of β-amino-alcohol motifs (C(OH)–C–C–N with tert-alkyl or cyclic N) is 1. The molecule has 0 bridgehead atoms. The van der Waals surface area contributed by atoms with Crippen LogP contribution in [0.4, 0.5) is 5.13 Å². The summed E-state index contributed by atoms with van der Waals surface area (Å²) in [6.07, 6.45) is 2.41. The molecule has 0 saturated carbocycles. The minimum Gasteiger partial charge on any atom is -0.391 e. The van der Waals surface area contributed by atoms with Gasteiger partial charge in [0.1, 0.15) is 10.3 Å². The first-order chi connectivity index (χ1) is 7.33. The average molecular weight is 221 g/mol. The number of rotatable bonds is 1. The maximum atomic E-state index is 9.46. The Kier molecular flexibility index (Phi) is 2.07. The predicted octanol–water partition coefficient (Wildman–Crippen LogP) is 1.26. The maximum absolute atomic E-state index is 9.46. The molecule has 0 radical (unpaired) electrons. The smallest absolute Gasteiger partial charge is 0.188 e. The molecule has 0 spiro atoms. The molecule has 78 valence electrons. The molecule has 0 aromatic carbocycles. The van der Waals surface area contributed by atoms with Crippen LogP contribution in [0.5, 0.6) is 0 Å². The van der Waals surface area contributed by atoms with Gasteiger partial charge in [-0.2, -0.15) is 0 Å². The first-order valence-electron chi connectivity index (χ1n) is 4.97. The summed E-state index contributed by atoms with van der Waals surface area (Å²) in [5, 5.41) is 10.4. The van der Waals surface area contributed by atoms with Crippen molar-refractivity contribution in [2.45, 2.75) is 12.5 Å². The van der Waals surface area contributed by atoms with Crippen molar-refractivity contribution in [2.75, 3.05) is 18.0 Å². The molecule has 3 heterocycles. The number of thiazole rings is 1. The van der Waals surface area contributed by atoms with Crippen LogP contribution in [-0.4, -0.2) is 34.3 Å². The lowest BCUT2D eigenvalue weighted by molar-refractivity contribution is 0.198. The number of anilines is 1. The van der Waals surface area contributed by atoms with Crippen LogP contribution in [0.3, 0.4) is 0 Å². The van der Waals surface area contributed by atoms with Crippen LogP contribution < -0.4 is 4.90 Å².